The molecule has 0 saturated carbocycles. The molecule has 0 bridgehead atoms. The van der Waals surface area contributed by atoms with Crippen molar-refractivity contribution >= 4 is 10.0 Å². The fourth-order valence-electron chi connectivity index (χ4n) is 0.499. The van der Waals surface area contributed by atoms with E-state index in [1.54, 1.807) is 6.92 Å². The van der Waals surface area contributed by atoms with Gasteiger partial charge in [0, 0.05) is 6.54 Å². The Labute approximate surface area is 55.7 Å². The Morgan fingerprint density at radius 2 is 2.00 bits per heavy atom. The second-order valence-electron chi connectivity index (χ2n) is 1.71. The van der Waals surface area contributed by atoms with Gasteiger partial charge in [-0.2, -0.15) is 4.31 Å². The van der Waals surface area contributed by atoms with Crippen LogP contribution in [0.15, 0.2) is 0 Å². The highest BCUT2D eigenvalue weighted by molar-refractivity contribution is 7.88. The molecule has 0 heterocycles. The maximum atomic E-state index is 10.6. The molecule has 4 nitrogen and oxygen atoms in total. The molecule has 0 saturated heterocycles. The number of sulfonamides is 1. The molecule has 0 fully saturated rings. The third-order valence-electron chi connectivity index (χ3n) is 1.03. The molecule has 0 aromatic heterocycles. The van der Waals surface area contributed by atoms with E-state index in [9.17, 15) is 8.42 Å². The molecule has 56 valence electrons. The highest BCUT2D eigenvalue weighted by Gasteiger charge is 2.10. The van der Waals surface area contributed by atoms with Crippen molar-refractivity contribution in [3.63, 3.8) is 0 Å². The van der Waals surface area contributed by atoms with Crippen molar-refractivity contribution in [2.75, 3.05) is 19.5 Å². The molecule has 0 rings (SSSR count). The lowest BCUT2D eigenvalue weighted by Crippen LogP contribution is -2.34. The first kappa shape index (κ1) is 8.87. The van der Waals surface area contributed by atoms with Gasteiger partial charge in [0.15, 0.2) is 0 Å². The molecule has 0 aromatic carbocycles. The van der Waals surface area contributed by atoms with E-state index in [2.05, 4.69) is 0 Å². The zero-order chi connectivity index (χ0) is 7.49. The Balaban J connectivity index is 4.14. The lowest BCUT2D eigenvalue weighted by Gasteiger charge is -2.13. The largest absolute Gasteiger partial charge is 0.317 e. The van der Waals surface area contributed by atoms with Crippen molar-refractivity contribution in [3.05, 3.63) is 0 Å². The average Bonchev–Trinajstić information content (AvgIpc) is 1.65. The predicted molar refractivity (Wildman–Crippen MR) is 36.3 cm³/mol. The lowest BCUT2D eigenvalue weighted by molar-refractivity contribution is 0.442. The van der Waals surface area contributed by atoms with Gasteiger partial charge in [-0.15, -0.1) is 0 Å². The first-order chi connectivity index (χ1) is 4.02. The van der Waals surface area contributed by atoms with Crippen molar-refractivity contribution in [2.45, 2.75) is 6.92 Å². The van der Waals surface area contributed by atoms with Gasteiger partial charge in [0.25, 0.3) is 0 Å². The van der Waals surface area contributed by atoms with Gasteiger partial charge < -0.3 is 5.73 Å². The average molecular weight is 152 g/mol. The number of nitrogens with two attached hydrogens (primary N) is 1. The van der Waals surface area contributed by atoms with E-state index in [4.69, 9.17) is 5.73 Å². The summed E-state index contributed by atoms with van der Waals surface area (Å²) in [6, 6.07) is 0. The third kappa shape index (κ3) is 2.78. The van der Waals surface area contributed by atoms with Gasteiger partial charge in [0.2, 0.25) is 10.0 Å². The van der Waals surface area contributed by atoms with Crippen molar-refractivity contribution < 1.29 is 8.42 Å². The minimum absolute atomic E-state index is 0.0648. The normalized spacial score (nSPS) is 12.4. The summed E-state index contributed by atoms with van der Waals surface area (Å²) in [7, 11) is -3.06. The summed E-state index contributed by atoms with van der Waals surface area (Å²) in [5.74, 6) is 0. The molecule has 0 aliphatic heterocycles. The van der Waals surface area contributed by atoms with Crippen molar-refractivity contribution in [1.82, 2.24) is 4.31 Å². The summed E-state index contributed by atoms with van der Waals surface area (Å²) in [6.45, 7) is 2.25. The Bertz CT molecular complexity index is 159. The molecule has 0 aliphatic carbocycles. The van der Waals surface area contributed by atoms with Gasteiger partial charge in [0.1, 0.15) is 0 Å². The summed E-state index contributed by atoms with van der Waals surface area (Å²) in [4.78, 5) is 0. The van der Waals surface area contributed by atoms with Crippen LogP contribution >= 0.6 is 0 Å². The van der Waals surface area contributed by atoms with Crippen LogP contribution in [0.1, 0.15) is 6.92 Å². The second-order valence-corrected chi connectivity index (χ2v) is 3.70. The van der Waals surface area contributed by atoms with Crippen LogP contribution in [-0.2, 0) is 10.0 Å². The summed E-state index contributed by atoms with van der Waals surface area (Å²) < 4.78 is 22.5. The maximum Gasteiger partial charge on any atom is 0.212 e. The molecule has 0 atom stereocenters. The molecular weight excluding hydrogens is 140 g/mol. The first-order valence-electron chi connectivity index (χ1n) is 2.67. The van der Waals surface area contributed by atoms with Gasteiger partial charge in [-0.25, -0.2) is 8.42 Å². The van der Waals surface area contributed by atoms with E-state index >= 15 is 0 Å². The lowest BCUT2D eigenvalue weighted by atomic mass is 10.8. The van der Waals surface area contributed by atoms with Crippen molar-refractivity contribution in [1.29, 1.82) is 0 Å². The zero-order valence-electron chi connectivity index (χ0n) is 5.66. The predicted octanol–water partition coefficient (Wildman–Crippen LogP) is -0.816. The zero-order valence-corrected chi connectivity index (χ0v) is 6.48. The molecular formula is C4H12N2O2S. The van der Waals surface area contributed by atoms with Crippen LogP contribution < -0.4 is 5.73 Å². The highest BCUT2D eigenvalue weighted by Crippen LogP contribution is 1.91. The highest BCUT2D eigenvalue weighted by atomic mass is 32.2. The van der Waals surface area contributed by atoms with E-state index < -0.39 is 10.0 Å². The summed E-state index contributed by atoms with van der Waals surface area (Å²) in [6.07, 6.45) is 1.14. The van der Waals surface area contributed by atoms with E-state index in [1.807, 2.05) is 0 Å². The second kappa shape index (κ2) is 3.14. The maximum absolute atomic E-state index is 10.6. The van der Waals surface area contributed by atoms with Crippen LogP contribution in [-0.4, -0.2) is 32.2 Å². The standard InChI is InChI=1S/C4H12N2O2S/c1-3-6(4-5)9(2,7)8/h3-5H2,1-2H3. The van der Waals surface area contributed by atoms with E-state index in [0.717, 1.165) is 6.26 Å². The smallest absolute Gasteiger partial charge is 0.212 e. The third-order valence-corrected chi connectivity index (χ3v) is 2.37. The molecule has 0 aliphatic rings. The summed E-state index contributed by atoms with van der Waals surface area (Å²) in [5.41, 5.74) is 5.12. The topological polar surface area (TPSA) is 63.4 Å². The number of hydrogen-bond acceptors (Lipinski definition) is 3. The van der Waals surface area contributed by atoms with Crippen LogP contribution in [0.5, 0.6) is 0 Å². The van der Waals surface area contributed by atoms with E-state index in [-0.39, 0.29) is 6.67 Å². The molecule has 2 N–H and O–H groups in total. The van der Waals surface area contributed by atoms with Crippen LogP contribution in [0.25, 0.3) is 0 Å². The fourth-order valence-corrected chi connectivity index (χ4v) is 1.24. The molecule has 0 unspecified atom stereocenters. The SMILES string of the molecule is CCN(CN)S(C)(=O)=O. The van der Waals surface area contributed by atoms with Gasteiger partial charge in [-0.3, -0.25) is 0 Å². The molecule has 0 aromatic rings. The van der Waals surface area contributed by atoms with Crippen molar-refractivity contribution in [2.24, 2.45) is 5.73 Å². The Hall–Kier alpha value is -0.130. The number of rotatable bonds is 3. The van der Waals surface area contributed by atoms with Gasteiger partial charge >= 0.3 is 0 Å². The minimum atomic E-state index is -3.06. The molecule has 0 amide bonds. The number of hydrogen-bond donors (Lipinski definition) is 1. The van der Waals surface area contributed by atoms with Crippen LogP contribution in [0.3, 0.4) is 0 Å². The Kier molecular flexibility index (Phi) is 3.10. The molecule has 5 heteroatoms. The van der Waals surface area contributed by atoms with Gasteiger partial charge in [0.05, 0.1) is 12.9 Å². The van der Waals surface area contributed by atoms with Gasteiger partial charge in [-0.05, 0) is 0 Å². The molecule has 0 radical (unpaired) electrons. The van der Waals surface area contributed by atoms with Gasteiger partial charge in [-0.1, -0.05) is 6.92 Å². The number of nitrogens with zero attached hydrogens (tertiary/aromatic N) is 1. The van der Waals surface area contributed by atoms with Crippen LogP contribution in [0.2, 0.25) is 0 Å². The van der Waals surface area contributed by atoms with Crippen LogP contribution in [0, 0.1) is 0 Å². The Morgan fingerprint density at radius 1 is 1.56 bits per heavy atom. The van der Waals surface area contributed by atoms with E-state index in [0.29, 0.717) is 6.54 Å². The minimum Gasteiger partial charge on any atom is -0.317 e. The van der Waals surface area contributed by atoms with E-state index in [1.165, 1.54) is 4.31 Å². The van der Waals surface area contributed by atoms with Crippen molar-refractivity contribution in [3.8, 4) is 0 Å². The molecule has 0 spiro atoms. The molecule has 9 heavy (non-hydrogen) atoms. The fraction of sp³-hybridized carbons (Fsp3) is 1.00. The quantitative estimate of drug-likeness (QED) is 0.538. The Morgan fingerprint density at radius 3 is 2.00 bits per heavy atom. The van der Waals surface area contributed by atoms with Crippen LogP contribution in [0.4, 0.5) is 0 Å². The monoisotopic (exact) mass is 152 g/mol. The summed E-state index contributed by atoms with van der Waals surface area (Å²) >= 11 is 0. The first-order valence-corrected chi connectivity index (χ1v) is 4.52. The summed E-state index contributed by atoms with van der Waals surface area (Å²) in [5, 5.41) is 0.